The Labute approximate surface area is 112 Å². The van der Waals surface area contributed by atoms with Crippen LogP contribution in [0.2, 0.25) is 0 Å². The lowest BCUT2D eigenvalue weighted by Gasteiger charge is -2.08. The molecule has 0 amide bonds. The Morgan fingerprint density at radius 3 is 2.37 bits per heavy atom. The first-order valence-electron chi connectivity index (χ1n) is 5.80. The fraction of sp³-hybridized carbons (Fsp3) is 0.417. The van der Waals surface area contributed by atoms with Gasteiger partial charge in [0.15, 0.2) is 0 Å². The highest BCUT2D eigenvalue weighted by molar-refractivity contribution is 7.89. The molecule has 6 nitrogen and oxygen atoms in total. The van der Waals surface area contributed by atoms with Crippen molar-refractivity contribution in [3.8, 4) is 0 Å². The molecule has 0 spiro atoms. The van der Waals surface area contributed by atoms with E-state index in [1.165, 1.54) is 19.1 Å². The summed E-state index contributed by atoms with van der Waals surface area (Å²) in [4.78, 5) is 10.5. The van der Waals surface area contributed by atoms with Crippen LogP contribution in [0.25, 0.3) is 0 Å². The Morgan fingerprint density at radius 2 is 1.89 bits per heavy atom. The summed E-state index contributed by atoms with van der Waals surface area (Å²) in [5.74, 6) is -0.893. The number of benzene rings is 1. The summed E-state index contributed by atoms with van der Waals surface area (Å²) in [7, 11) is -3.63. The Hall–Kier alpha value is -1.44. The van der Waals surface area contributed by atoms with Crippen LogP contribution >= 0.6 is 0 Å². The second kappa shape index (κ2) is 6.65. The van der Waals surface area contributed by atoms with Crippen LogP contribution in [0, 0.1) is 0 Å². The monoisotopic (exact) mass is 287 g/mol. The predicted molar refractivity (Wildman–Crippen MR) is 69.3 cm³/mol. The summed E-state index contributed by atoms with van der Waals surface area (Å²) in [5.41, 5.74) is 0.761. The summed E-state index contributed by atoms with van der Waals surface area (Å²) < 4.78 is 25.9. The van der Waals surface area contributed by atoms with E-state index in [1.807, 2.05) is 0 Å². The van der Waals surface area contributed by atoms with Gasteiger partial charge in [0.1, 0.15) is 0 Å². The molecule has 1 atom stereocenters. The number of carboxylic acids is 1. The van der Waals surface area contributed by atoms with Crippen molar-refractivity contribution in [3.63, 3.8) is 0 Å². The molecule has 0 saturated carbocycles. The molecule has 0 fully saturated rings. The second-order valence-corrected chi connectivity index (χ2v) is 6.01. The SMILES string of the molecule is CC(O)CNS(=O)(=O)c1ccc(CCC(=O)O)cc1. The highest BCUT2D eigenvalue weighted by atomic mass is 32.2. The molecular formula is C12H17NO5S. The smallest absolute Gasteiger partial charge is 0.303 e. The van der Waals surface area contributed by atoms with Gasteiger partial charge in [0.05, 0.1) is 11.0 Å². The number of aliphatic hydroxyl groups is 1. The van der Waals surface area contributed by atoms with Crippen LogP contribution < -0.4 is 4.72 Å². The van der Waals surface area contributed by atoms with E-state index in [0.717, 1.165) is 5.56 Å². The van der Waals surface area contributed by atoms with Crippen molar-refractivity contribution in [1.29, 1.82) is 0 Å². The van der Waals surface area contributed by atoms with Crippen LogP contribution in [-0.2, 0) is 21.2 Å². The van der Waals surface area contributed by atoms with Crippen LogP contribution in [0.15, 0.2) is 29.2 Å². The third kappa shape index (κ3) is 5.37. The number of hydrogen-bond donors (Lipinski definition) is 3. The maximum Gasteiger partial charge on any atom is 0.303 e. The molecule has 3 N–H and O–H groups in total. The highest BCUT2D eigenvalue weighted by Crippen LogP contribution is 2.11. The van der Waals surface area contributed by atoms with Gasteiger partial charge in [0.2, 0.25) is 10.0 Å². The molecule has 106 valence electrons. The minimum absolute atomic E-state index is 0.00632. The summed E-state index contributed by atoms with van der Waals surface area (Å²) in [6, 6.07) is 6.00. The van der Waals surface area contributed by atoms with Gasteiger partial charge in [-0.15, -0.1) is 0 Å². The Kier molecular flexibility index (Phi) is 5.46. The lowest BCUT2D eigenvalue weighted by atomic mass is 10.1. The molecule has 1 aromatic carbocycles. The zero-order chi connectivity index (χ0) is 14.5. The molecule has 0 saturated heterocycles. The summed E-state index contributed by atoms with van der Waals surface area (Å²) in [6.07, 6.45) is -0.395. The van der Waals surface area contributed by atoms with Crippen LogP contribution in [0.1, 0.15) is 18.9 Å². The lowest BCUT2D eigenvalue weighted by Crippen LogP contribution is -2.30. The van der Waals surface area contributed by atoms with E-state index >= 15 is 0 Å². The van der Waals surface area contributed by atoms with Crippen molar-refractivity contribution >= 4 is 16.0 Å². The first kappa shape index (κ1) is 15.6. The van der Waals surface area contributed by atoms with Crippen molar-refractivity contribution in [2.24, 2.45) is 0 Å². The maximum atomic E-state index is 11.8. The minimum atomic E-state index is -3.63. The fourth-order valence-corrected chi connectivity index (χ4v) is 2.52. The van der Waals surface area contributed by atoms with Gasteiger partial charge in [-0.3, -0.25) is 4.79 Å². The maximum absolute atomic E-state index is 11.8. The summed E-state index contributed by atoms with van der Waals surface area (Å²) in [5, 5.41) is 17.6. The number of hydrogen-bond acceptors (Lipinski definition) is 4. The molecule has 7 heteroatoms. The van der Waals surface area contributed by atoms with Gasteiger partial charge in [0, 0.05) is 13.0 Å². The van der Waals surface area contributed by atoms with E-state index in [0.29, 0.717) is 6.42 Å². The average Bonchev–Trinajstić information content (AvgIpc) is 2.34. The zero-order valence-corrected chi connectivity index (χ0v) is 11.4. The standard InChI is InChI=1S/C12H17NO5S/c1-9(14)8-13-19(17,18)11-5-2-10(3-6-11)4-7-12(15)16/h2-3,5-6,9,13-14H,4,7-8H2,1H3,(H,15,16). The van der Waals surface area contributed by atoms with E-state index in [9.17, 15) is 13.2 Å². The van der Waals surface area contributed by atoms with E-state index in [2.05, 4.69) is 4.72 Å². The highest BCUT2D eigenvalue weighted by Gasteiger charge is 2.14. The molecule has 0 aromatic heterocycles. The van der Waals surface area contributed by atoms with Gasteiger partial charge in [-0.1, -0.05) is 12.1 Å². The van der Waals surface area contributed by atoms with Crippen LogP contribution in [0.3, 0.4) is 0 Å². The van der Waals surface area contributed by atoms with Crippen molar-refractivity contribution < 1.29 is 23.4 Å². The molecule has 19 heavy (non-hydrogen) atoms. The number of aliphatic carboxylic acids is 1. The number of sulfonamides is 1. The summed E-state index contributed by atoms with van der Waals surface area (Å²) in [6.45, 7) is 1.43. The molecular weight excluding hydrogens is 270 g/mol. The molecule has 1 aromatic rings. The minimum Gasteiger partial charge on any atom is -0.481 e. The van der Waals surface area contributed by atoms with E-state index < -0.39 is 22.1 Å². The van der Waals surface area contributed by atoms with Crippen molar-refractivity contribution in [2.75, 3.05) is 6.54 Å². The Morgan fingerprint density at radius 1 is 1.32 bits per heavy atom. The summed E-state index contributed by atoms with van der Waals surface area (Å²) >= 11 is 0. The van der Waals surface area contributed by atoms with Gasteiger partial charge in [-0.2, -0.15) is 0 Å². The second-order valence-electron chi connectivity index (χ2n) is 4.24. The quantitative estimate of drug-likeness (QED) is 0.672. The molecule has 0 aliphatic rings. The van der Waals surface area contributed by atoms with Crippen molar-refractivity contribution in [2.45, 2.75) is 30.8 Å². The largest absolute Gasteiger partial charge is 0.481 e. The van der Waals surface area contributed by atoms with Gasteiger partial charge >= 0.3 is 5.97 Å². The average molecular weight is 287 g/mol. The Bertz CT molecular complexity index is 522. The number of aryl methyl sites for hydroxylation is 1. The first-order valence-corrected chi connectivity index (χ1v) is 7.28. The lowest BCUT2D eigenvalue weighted by molar-refractivity contribution is -0.136. The van der Waals surface area contributed by atoms with E-state index in [1.54, 1.807) is 12.1 Å². The topological polar surface area (TPSA) is 104 Å². The molecule has 0 radical (unpaired) electrons. The van der Waals surface area contributed by atoms with Crippen LogP contribution in [-0.4, -0.2) is 37.2 Å². The van der Waals surface area contributed by atoms with Gasteiger partial charge in [0.25, 0.3) is 0 Å². The number of rotatable bonds is 7. The molecule has 0 aliphatic carbocycles. The van der Waals surface area contributed by atoms with Crippen LogP contribution in [0.4, 0.5) is 0 Å². The molecule has 0 aliphatic heterocycles. The predicted octanol–water partition coefficient (Wildman–Crippen LogP) is 0.363. The number of nitrogens with one attached hydrogen (secondary N) is 1. The van der Waals surface area contributed by atoms with Gasteiger partial charge in [-0.25, -0.2) is 13.1 Å². The van der Waals surface area contributed by atoms with Crippen molar-refractivity contribution in [1.82, 2.24) is 4.72 Å². The molecule has 0 bridgehead atoms. The third-order valence-electron chi connectivity index (χ3n) is 2.43. The fourth-order valence-electron chi connectivity index (χ4n) is 1.40. The van der Waals surface area contributed by atoms with Gasteiger partial charge in [-0.05, 0) is 31.0 Å². The first-order chi connectivity index (χ1) is 8.81. The number of carbonyl (C=O) groups is 1. The van der Waals surface area contributed by atoms with Crippen molar-refractivity contribution in [3.05, 3.63) is 29.8 Å². The van der Waals surface area contributed by atoms with E-state index in [4.69, 9.17) is 10.2 Å². The Balaban J connectivity index is 2.72. The third-order valence-corrected chi connectivity index (χ3v) is 3.87. The number of aliphatic hydroxyl groups excluding tert-OH is 1. The molecule has 1 rings (SSSR count). The van der Waals surface area contributed by atoms with E-state index in [-0.39, 0.29) is 17.9 Å². The van der Waals surface area contributed by atoms with Gasteiger partial charge < -0.3 is 10.2 Å². The molecule has 0 heterocycles. The molecule has 1 unspecified atom stereocenters. The number of carboxylic acid groups (broad SMARTS) is 1. The normalized spacial score (nSPS) is 13.2. The van der Waals surface area contributed by atoms with Crippen LogP contribution in [0.5, 0.6) is 0 Å². The zero-order valence-electron chi connectivity index (χ0n) is 10.5.